The number of benzene rings is 2. The van der Waals surface area contributed by atoms with Gasteiger partial charge in [-0.05, 0) is 48.7 Å². The average Bonchev–Trinajstić information content (AvgIpc) is 2.91. The smallest absolute Gasteiger partial charge is 0.231 e. The first-order chi connectivity index (χ1) is 11.9. The van der Waals surface area contributed by atoms with Crippen molar-refractivity contribution in [3.8, 4) is 0 Å². The van der Waals surface area contributed by atoms with Crippen LogP contribution in [0.1, 0.15) is 16.7 Å². The summed E-state index contributed by atoms with van der Waals surface area (Å²) in [6.07, 6.45) is 1.84. The molecule has 1 atom stereocenters. The first-order valence-electron chi connectivity index (χ1n) is 8.20. The van der Waals surface area contributed by atoms with Gasteiger partial charge in [0.2, 0.25) is 5.91 Å². The maximum absolute atomic E-state index is 13.0. The summed E-state index contributed by atoms with van der Waals surface area (Å²) in [6.45, 7) is 4.00. The molecule has 0 N–H and O–H groups in total. The van der Waals surface area contributed by atoms with Gasteiger partial charge in [0, 0.05) is 11.1 Å². The van der Waals surface area contributed by atoms with Crippen molar-refractivity contribution in [3.05, 3.63) is 76.7 Å². The zero-order valence-electron chi connectivity index (χ0n) is 14.3. The molecule has 0 spiro atoms. The van der Waals surface area contributed by atoms with Crippen LogP contribution in [0.2, 0.25) is 0 Å². The van der Waals surface area contributed by atoms with Crippen LogP contribution in [0.15, 0.2) is 60.0 Å². The number of hydrogen-bond donors (Lipinski definition) is 0. The lowest BCUT2D eigenvalue weighted by atomic mass is 10.1. The zero-order valence-corrected chi connectivity index (χ0v) is 15.2. The van der Waals surface area contributed by atoms with Gasteiger partial charge in [0.25, 0.3) is 0 Å². The highest BCUT2D eigenvalue weighted by Gasteiger charge is 2.31. The van der Waals surface area contributed by atoms with Crippen molar-refractivity contribution < 1.29 is 13.2 Å². The summed E-state index contributed by atoms with van der Waals surface area (Å²) < 4.78 is 23.7. The molecule has 0 radical (unpaired) electrons. The number of anilines is 1. The third kappa shape index (κ3) is 3.99. The summed E-state index contributed by atoms with van der Waals surface area (Å²) >= 11 is 0. The fourth-order valence-electron chi connectivity index (χ4n) is 2.97. The summed E-state index contributed by atoms with van der Waals surface area (Å²) in [6, 6.07) is 14.8. The molecule has 1 amide bonds. The summed E-state index contributed by atoms with van der Waals surface area (Å²) in [5.74, 6) is -0.179. The Morgan fingerprint density at radius 2 is 1.80 bits per heavy atom. The van der Waals surface area contributed by atoms with E-state index in [1.54, 1.807) is 11.0 Å². The van der Waals surface area contributed by atoms with Crippen molar-refractivity contribution in [3.63, 3.8) is 0 Å². The highest BCUT2D eigenvalue weighted by Crippen LogP contribution is 2.26. The van der Waals surface area contributed by atoms with Gasteiger partial charge >= 0.3 is 0 Å². The van der Waals surface area contributed by atoms with Crippen molar-refractivity contribution in [1.82, 2.24) is 0 Å². The number of amides is 1. The molecule has 0 saturated heterocycles. The molecule has 1 heterocycles. The van der Waals surface area contributed by atoms with Gasteiger partial charge in [-0.3, -0.25) is 4.79 Å². The summed E-state index contributed by atoms with van der Waals surface area (Å²) in [5.41, 5.74) is 3.84. The third-order valence-electron chi connectivity index (χ3n) is 4.48. The van der Waals surface area contributed by atoms with E-state index in [0.29, 0.717) is 0 Å². The van der Waals surface area contributed by atoms with Gasteiger partial charge in [-0.15, -0.1) is 0 Å². The Labute approximate surface area is 148 Å². The van der Waals surface area contributed by atoms with Gasteiger partial charge in [-0.1, -0.05) is 36.4 Å². The van der Waals surface area contributed by atoms with Gasteiger partial charge in [0.05, 0.1) is 18.2 Å². The van der Waals surface area contributed by atoms with Gasteiger partial charge in [-0.25, -0.2) is 8.42 Å². The number of aryl methyl sites for hydroxylation is 2. The van der Waals surface area contributed by atoms with Gasteiger partial charge < -0.3 is 4.90 Å². The molecule has 0 fully saturated rings. The van der Waals surface area contributed by atoms with Crippen molar-refractivity contribution >= 4 is 21.4 Å². The highest BCUT2D eigenvalue weighted by molar-refractivity contribution is 7.94. The number of rotatable bonds is 4. The largest absolute Gasteiger partial charge is 0.304 e. The van der Waals surface area contributed by atoms with Crippen molar-refractivity contribution in [2.45, 2.75) is 26.3 Å². The van der Waals surface area contributed by atoms with Gasteiger partial charge in [0.1, 0.15) is 0 Å². The molecule has 4 nitrogen and oxygen atoms in total. The Morgan fingerprint density at radius 1 is 1.08 bits per heavy atom. The average molecular weight is 355 g/mol. The standard InChI is InChI=1S/C20H21NO3S/c1-15-8-9-18(12-16(15)2)21(19-10-11-25(23,24)14-19)20(22)13-17-6-4-3-5-7-17/h3-12,19H,13-14H2,1-2H3/t19-/m0/s1. The SMILES string of the molecule is Cc1ccc(N(C(=O)Cc2ccccc2)[C@H]2C=CS(=O)(=O)C2)cc1C. The fourth-order valence-corrected chi connectivity index (χ4v) is 4.24. The molecular weight excluding hydrogens is 334 g/mol. The van der Waals surface area contributed by atoms with E-state index in [2.05, 4.69) is 0 Å². The molecule has 2 aromatic carbocycles. The van der Waals surface area contributed by atoms with Crippen LogP contribution in [0.4, 0.5) is 5.69 Å². The van der Waals surface area contributed by atoms with E-state index in [1.165, 1.54) is 5.41 Å². The normalized spacial score (nSPS) is 18.2. The predicted octanol–water partition coefficient (Wildman–Crippen LogP) is 3.19. The van der Waals surface area contributed by atoms with Crippen LogP contribution in [0.25, 0.3) is 0 Å². The van der Waals surface area contributed by atoms with E-state index in [0.717, 1.165) is 22.4 Å². The molecule has 2 aromatic rings. The second-order valence-electron chi connectivity index (χ2n) is 6.42. The highest BCUT2D eigenvalue weighted by atomic mass is 32.2. The Balaban J connectivity index is 1.95. The molecule has 0 aliphatic carbocycles. The van der Waals surface area contributed by atoms with Crippen LogP contribution in [0.3, 0.4) is 0 Å². The van der Waals surface area contributed by atoms with Crippen LogP contribution >= 0.6 is 0 Å². The predicted molar refractivity (Wildman–Crippen MR) is 100 cm³/mol. The lowest BCUT2D eigenvalue weighted by Gasteiger charge is -2.28. The maximum atomic E-state index is 13.0. The van der Waals surface area contributed by atoms with E-state index < -0.39 is 15.9 Å². The van der Waals surface area contributed by atoms with E-state index in [4.69, 9.17) is 0 Å². The van der Waals surface area contributed by atoms with Gasteiger partial charge in [-0.2, -0.15) is 0 Å². The molecule has 1 aliphatic rings. The minimum absolute atomic E-state index is 0.0690. The van der Waals surface area contributed by atoms with Crippen LogP contribution in [-0.2, 0) is 21.1 Å². The van der Waals surface area contributed by atoms with Gasteiger partial charge in [0.15, 0.2) is 9.84 Å². The van der Waals surface area contributed by atoms with Crippen molar-refractivity contribution in [2.24, 2.45) is 0 Å². The second kappa shape index (κ2) is 6.84. The van der Waals surface area contributed by atoms with E-state index in [1.807, 2.05) is 62.4 Å². The number of sulfone groups is 1. The molecule has 0 saturated carbocycles. The second-order valence-corrected chi connectivity index (χ2v) is 8.35. The number of carbonyl (C=O) groups is 1. The third-order valence-corrected chi connectivity index (χ3v) is 5.86. The monoisotopic (exact) mass is 355 g/mol. The molecule has 25 heavy (non-hydrogen) atoms. The molecule has 130 valence electrons. The molecule has 0 bridgehead atoms. The molecule has 0 aromatic heterocycles. The number of carbonyl (C=O) groups excluding carboxylic acids is 1. The number of hydrogen-bond acceptors (Lipinski definition) is 3. The quantitative estimate of drug-likeness (QED) is 0.846. The van der Waals surface area contributed by atoms with Crippen molar-refractivity contribution in [1.29, 1.82) is 0 Å². The van der Waals surface area contributed by atoms with E-state index in [-0.39, 0.29) is 18.1 Å². The Bertz CT molecular complexity index is 917. The zero-order chi connectivity index (χ0) is 18.0. The maximum Gasteiger partial charge on any atom is 0.231 e. The first kappa shape index (κ1) is 17.4. The lowest BCUT2D eigenvalue weighted by molar-refractivity contribution is -0.118. The Hall–Kier alpha value is -2.40. The number of nitrogens with zero attached hydrogens (tertiary/aromatic N) is 1. The van der Waals surface area contributed by atoms with E-state index in [9.17, 15) is 13.2 Å². The lowest BCUT2D eigenvalue weighted by Crippen LogP contribution is -2.42. The summed E-state index contributed by atoms with van der Waals surface area (Å²) in [7, 11) is -3.25. The van der Waals surface area contributed by atoms with Crippen LogP contribution in [0, 0.1) is 13.8 Å². The molecule has 3 rings (SSSR count). The van der Waals surface area contributed by atoms with Crippen LogP contribution in [-0.4, -0.2) is 26.1 Å². The Morgan fingerprint density at radius 3 is 2.40 bits per heavy atom. The molecular formula is C20H21NO3S. The minimum Gasteiger partial charge on any atom is -0.304 e. The molecule has 0 unspecified atom stereocenters. The summed E-state index contributed by atoms with van der Waals surface area (Å²) in [4.78, 5) is 14.6. The van der Waals surface area contributed by atoms with E-state index >= 15 is 0 Å². The molecule has 5 heteroatoms. The summed E-state index contributed by atoms with van der Waals surface area (Å²) in [5, 5.41) is 1.21. The minimum atomic E-state index is -3.25. The van der Waals surface area contributed by atoms with Crippen LogP contribution in [0.5, 0.6) is 0 Å². The van der Waals surface area contributed by atoms with Crippen LogP contribution < -0.4 is 4.90 Å². The molecule has 1 aliphatic heterocycles. The van der Waals surface area contributed by atoms with Crippen molar-refractivity contribution in [2.75, 3.05) is 10.7 Å². The Kier molecular flexibility index (Phi) is 4.77. The topological polar surface area (TPSA) is 54.5 Å². The first-order valence-corrected chi connectivity index (χ1v) is 9.91. The fraction of sp³-hybridized carbons (Fsp3) is 0.250.